The maximum Gasteiger partial charge on any atom is 0.411 e. The zero-order valence-electron chi connectivity index (χ0n) is 23.3. The Balaban J connectivity index is 1.60. The first-order valence-corrected chi connectivity index (χ1v) is 14.6. The van der Waals surface area contributed by atoms with Crippen LogP contribution in [0.5, 0.6) is 0 Å². The molecule has 13 nitrogen and oxygen atoms in total. The number of aromatic amines is 1. The molecule has 4 aromatic rings. The van der Waals surface area contributed by atoms with E-state index < -0.39 is 12.0 Å². The number of aryl methyl sites for hydroxylation is 1. The molecule has 2 bridgehead atoms. The molecule has 0 fully saturated rings. The average molecular weight is 659 g/mol. The van der Waals surface area contributed by atoms with Gasteiger partial charge in [0.25, 0.3) is 0 Å². The maximum absolute atomic E-state index is 13.4. The summed E-state index contributed by atoms with van der Waals surface area (Å²) in [5.41, 5.74) is 1.98. The minimum absolute atomic E-state index is 0.0483. The summed E-state index contributed by atoms with van der Waals surface area (Å²) in [7, 11) is 1.19. The molecule has 0 unspecified atom stereocenters. The van der Waals surface area contributed by atoms with Crippen molar-refractivity contribution in [2.75, 3.05) is 23.1 Å². The van der Waals surface area contributed by atoms with E-state index in [2.05, 4.69) is 41.4 Å². The normalized spacial score (nSPS) is 13.7. The number of benzene rings is 2. The predicted octanol–water partition coefficient (Wildman–Crippen LogP) is 6.29. The number of methoxy groups -OCH3 is 1. The van der Waals surface area contributed by atoms with Gasteiger partial charge in [-0.3, -0.25) is 14.9 Å². The van der Waals surface area contributed by atoms with E-state index in [1.165, 1.54) is 36.3 Å². The van der Waals surface area contributed by atoms with Crippen molar-refractivity contribution in [1.29, 1.82) is 0 Å². The molecule has 2 aromatic carbocycles. The monoisotopic (exact) mass is 657 g/mol. The molecule has 0 saturated carbocycles. The van der Waals surface area contributed by atoms with Crippen molar-refractivity contribution in [1.82, 2.24) is 30.2 Å². The van der Waals surface area contributed by atoms with Crippen LogP contribution in [-0.2, 0) is 20.7 Å². The zero-order chi connectivity index (χ0) is 31.2. The van der Waals surface area contributed by atoms with Crippen molar-refractivity contribution in [3.05, 3.63) is 63.3 Å². The molecule has 1 aliphatic rings. The number of amides is 3. The smallest absolute Gasteiger partial charge is 0.411 e. The van der Waals surface area contributed by atoms with Gasteiger partial charge in [0.2, 0.25) is 11.8 Å². The SMILES string of the molecule is COC(=O)Nc1cc2c(c(NC(=O)C=Cc3cc(Cl)ccc3-n3cnnn3)c1Cl)-c1nc([nH]c1Cl)CCCCCCC(=O)N2. The molecule has 3 heterocycles. The minimum atomic E-state index is -0.809. The second kappa shape index (κ2) is 13.9. The topological polar surface area (TPSA) is 169 Å². The Kier molecular flexibility index (Phi) is 9.78. The first-order chi connectivity index (χ1) is 21.2. The van der Waals surface area contributed by atoms with Crippen LogP contribution in [0.4, 0.5) is 21.9 Å². The number of halogens is 3. The molecule has 228 valence electrons. The fraction of sp³-hybridized carbons (Fsp3) is 0.250. The molecular formula is C28H26Cl3N9O4. The number of H-pyrrole nitrogens is 1. The summed E-state index contributed by atoms with van der Waals surface area (Å²) in [4.78, 5) is 46.3. The number of anilines is 3. The Hall–Kier alpha value is -4.46. The van der Waals surface area contributed by atoms with E-state index in [-0.39, 0.29) is 50.8 Å². The zero-order valence-corrected chi connectivity index (χ0v) is 25.6. The van der Waals surface area contributed by atoms with Gasteiger partial charge in [-0.1, -0.05) is 47.6 Å². The van der Waals surface area contributed by atoms with E-state index in [1.807, 2.05) is 0 Å². The molecule has 44 heavy (non-hydrogen) atoms. The van der Waals surface area contributed by atoms with Crippen molar-refractivity contribution in [2.45, 2.75) is 38.5 Å². The fourth-order valence-corrected chi connectivity index (χ4v) is 5.34. The van der Waals surface area contributed by atoms with E-state index in [4.69, 9.17) is 39.5 Å². The van der Waals surface area contributed by atoms with Crippen LogP contribution in [0.1, 0.15) is 43.5 Å². The number of nitrogens with zero attached hydrogens (tertiary/aromatic N) is 5. The number of rotatable bonds is 5. The number of carbonyl (C=O) groups excluding carboxylic acids is 3. The molecule has 0 saturated heterocycles. The van der Waals surface area contributed by atoms with Crippen LogP contribution in [0.3, 0.4) is 0 Å². The van der Waals surface area contributed by atoms with E-state index in [1.54, 1.807) is 18.2 Å². The molecule has 0 atom stereocenters. The molecule has 2 aromatic heterocycles. The first kappa shape index (κ1) is 31.0. The standard InChI is InChI=1S/C28H26Cl3N9O4/c1-44-28(43)34-18-13-17-23(26-27(31)36-20(35-26)6-4-2-3-5-7-21(41)33-17)25(24(18)30)37-22(42)11-8-15-12-16(29)9-10-19(15)40-14-32-38-39-40/h8-14H,2-7H2,1H3,(H,33,41)(H,34,43)(H,35,36)(H,37,42). The minimum Gasteiger partial charge on any atom is -0.453 e. The van der Waals surface area contributed by atoms with Gasteiger partial charge < -0.3 is 20.4 Å². The Morgan fingerprint density at radius 2 is 1.86 bits per heavy atom. The molecule has 1 aliphatic heterocycles. The number of aromatic nitrogens is 6. The second-order valence-electron chi connectivity index (χ2n) is 9.74. The van der Waals surface area contributed by atoms with Crippen LogP contribution < -0.4 is 16.0 Å². The molecule has 0 aliphatic carbocycles. The highest BCUT2D eigenvalue weighted by atomic mass is 35.5. The summed E-state index contributed by atoms with van der Waals surface area (Å²) in [5.74, 6) is -0.229. The number of imidazole rings is 1. The largest absolute Gasteiger partial charge is 0.453 e. The Morgan fingerprint density at radius 3 is 2.61 bits per heavy atom. The third kappa shape index (κ3) is 7.18. The van der Waals surface area contributed by atoms with E-state index >= 15 is 0 Å². The second-order valence-corrected chi connectivity index (χ2v) is 10.9. The number of ether oxygens (including phenoxy) is 1. The van der Waals surface area contributed by atoms with Crippen molar-refractivity contribution in [3.63, 3.8) is 0 Å². The summed E-state index contributed by atoms with van der Waals surface area (Å²) < 4.78 is 6.17. The number of fused-ring (bicyclic) bond motifs is 4. The molecule has 0 radical (unpaired) electrons. The summed E-state index contributed by atoms with van der Waals surface area (Å²) in [6.45, 7) is 0. The van der Waals surface area contributed by atoms with E-state index in [9.17, 15) is 14.4 Å². The Bertz CT molecular complexity index is 1740. The maximum atomic E-state index is 13.4. The van der Waals surface area contributed by atoms with Crippen molar-refractivity contribution < 1.29 is 19.1 Å². The summed E-state index contributed by atoms with van der Waals surface area (Å²) in [6, 6.07) is 6.48. The van der Waals surface area contributed by atoms with Gasteiger partial charge in [-0.2, -0.15) is 4.68 Å². The van der Waals surface area contributed by atoms with Gasteiger partial charge in [-0.15, -0.1) is 5.10 Å². The Labute approximate surface area is 266 Å². The lowest BCUT2D eigenvalue weighted by Gasteiger charge is -2.20. The quantitative estimate of drug-likeness (QED) is 0.181. The lowest BCUT2D eigenvalue weighted by Crippen LogP contribution is -2.17. The van der Waals surface area contributed by atoms with Crippen LogP contribution in [0.15, 0.2) is 36.7 Å². The van der Waals surface area contributed by atoms with Crippen LogP contribution in [0.25, 0.3) is 23.0 Å². The van der Waals surface area contributed by atoms with Crippen molar-refractivity contribution in [2.24, 2.45) is 0 Å². The number of hydrogen-bond donors (Lipinski definition) is 4. The van der Waals surface area contributed by atoms with Crippen LogP contribution in [0.2, 0.25) is 15.2 Å². The van der Waals surface area contributed by atoms with Crippen molar-refractivity contribution >= 4 is 75.8 Å². The third-order valence-electron chi connectivity index (χ3n) is 6.72. The van der Waals surface area contributed by atoms with Gasteiger partial charge in [0.15, 0.2) is 0 Å². The number of hydrogen-bond acceptors (Lipinski definition) is 8. The number of nitrogens with one attached hydrogen (secondary N) is 4. The van der Waals surface area contributed by atoms with Crippen LogP contribution >= 0.6 is 34.8 Å². The van der Waals surface area contributed by atoms with Crippen molar-refractivity contribution in [3.8, 4) is 16.9 Å². The van der Waals surface area contributed by atoms with Gasteiger partial charge in [0.05, 0.1) is 40.4 Å². The molecule has 4 N–H and O–H groups in total. The van der Waals surface area contributed by atoms with Gasteiger partial charge in [0.1, 0.15) is 23.0 Å². The van der Waals surface area contributed by atoms with E-state index in [0.717, 1.165) is 19.3 Å². The highest BCUT2D eigenvalue weighted by molar-refractivity contribution is 6.39. The van der Waals surface area contributed by atoms with Gasteiger partial charge >= 0.3 is 6.09 Å². The van der Waals surface area contributed by atoms with Gasteiger partial charge in [0, 0.05) is 29.5 Å². The van der Waals surface area contributed by atoms with Crippen LogP contribution in [-0.4, -0.2) is 55.2 Å². The predicted molar refractivity (Wildman–Crippen MR) is 167 cm³/mol. The first-order valence-electron chi connectivity index (χ1n) is 13.5. The lowest BCUT2D eigenvalue weighted by molar-refractivity contribution is -0.116. The highest BCUT2D eigenvalue weighted by Gasteiger charge is 2.26. The fourth-order valence-electron chi connectivity index (χ4n) is 4.67. The highest BCUT2D eigenvalue weighted by Crippen LogP contribution is 2.46. The number of carbonyl (C=O) groups is 3. The molecular weight excluding hydrogens is 633 g/mol. The Morgan fingerprint density at radius 1 is 1.07 bits per heavy atom. The molecule has 5 rings (SSSR count). The third-order valence-corrected chi connectivity index (χ3v) is 7.62. The molecule has 16 heteroatoms. The van der Waals surface area contributed by atoms with Crippen LogP contribution in [0, 0.1) is 0 Å². The average Bonchev–Trinajstić information content (AvgIpc) is 3.66. The molecule has 3 amide bonds. The van der Waals surface area contributed by atoms with Gasteiger partial charge in [-0.25, -0.2) is 9.78 Å². The molecule has 0 spiro atoms. The number of tetrazole rings is 1. The summed E-state index contributed by atoms with van der Waals surface area (Å²) in [6.07, 6.45) is 7.63. The lowest BCUT2D eigenvalue weighted by atomic mass is 10.0. The van der Waals surface area contributed by atoms with E-state index in [0.29, 0.717) is 34.9 Å². The summed E-state index contributed by atoms with van der Waals surface area (Å²) >= 11 is 19.6. The van der Waals surface area contributed by atoms with Gasteiger partial charge in [-0.05, 0) is 53.6 Å². The summed E-state index contributed by atoms with van der Waals surface area (Å²) in [5, 5.41) is 20.0.